The molecule has 1 aliphatic carbocycles. The number of hydrogen-bond acceptors (Lipinski definition) is 5. The Bertz CT molecular complexity index is 836. The van der Waals surface area contributed by atoms with Crippen LogP contribution in [0.2, 0.25) is 5.02 Å². The number of ether oxygens (including phenoxy) is 2. The van der Waals surface area contributed by atoms with Gasteiger partial charge in [0.25, 0.3) is 5.91 Å². The number of likely N-dealkylation sites (N-methyl/N-ethyl adjacent to an activating group) is 1. The Balaban J connectivity index is 1.75. The van der Waals surface area contributed by atoms with Gasteiger partial charge in [-0.3, -0.25) is 9.69 Å². The zero-order valence-electron chi connectivity index (χ0n) is 16.7. The zero-order chi connectivity index (χ0) is 21.0. The van der Waals surface area contributed by atoms with Gasteiger partial charge >= 0.3 is 5.97 Å². The van der Waals surface area contributed by atoms with Crippen LogP contribution in [0.4, 0.5) is 0 Å². The van der Waals surface area contributed by atoms with E-state index in [9.17, 15) is 9.59 Å². The van der Waals surface area contributed by atoms with Crippen molar-refractivity contribution in [2.75, 3.05) is 20.3 Å². The van der Waals surface area contributed by atoms with E-state index in [1.54, 1.807) is 41.0 Å². The first-order valence-electron chi connectivity index (χ1n) is 9.83. The lowest BCUT2D eigenvalue weighted by molar-refractivity contribution is -0.145. The van der Waals surface area contributed by atoms with Gasteiger partial charge < -0.3 is 14.4 Å². The minimum Gasteiger partial charge on any atom is -0.480 e. The first-order valence-corrected chi connectivity index (χ1v) is 10.6. The Hall–Kier alpha value is -2.12. The number of halogens is 1. The van der Waals surface area contributed by atoms with E-state index >= 15 is 0 Å². The number of carbonyl (C=O) groups is 2. The highest BCUT2D eigenvalue weighted by molar-refractivity contribution is 7.80. The van der Waals surface area contributed by atoms with Gasteiger partial charge in [0, 0.05) is 13.1 Å². The van der Waals surface area contributed by atoms with Crippen LogP contribution in [-0.4, -0.2) is 53.1 Å². The lowest BCUT2D eigenvalue weighted by Gasteiger charge is -2.30. The van der Waals surface area contributed by atoms with Crippen molar-refractivity contribution in [2.45, 2.75) is 45.1 Å². The molecule has 1 aromatic rings. The number of thiocarbonyl (C=S) groups is 1. The van der Waals surface area contributed by atoms with E-state index in [4.69, 9.17) is 33.3 Å². The van der Waals surface area contributed by atoms with E-state index in [1.807, 2.05) is 7.05 Å². The summed E-state index contributed by atoms with van der Waals surface area (Å²) in [4.78, 5) is 28.0. The summed E-state index contributed by atoms with van der Waals surface area (Å²) in [7, 11) is 1.81. The SMILES string of the molecule is CCOC(=O)COc1ccc(/C=C2/C(=O)N(C3CCCCC3)C(=S)N2C)cc1Cl. The summed E-state index contributed by atoms with van der Waals surface area (Å²) < 4.78 is 10.2. The van der Waals surface area contributed by atoms with Crippen LogP contribution in [-0.2, 0) is 14.3 Å². The van der Waals surface area contributed by atoms with Crippen LogP contribution in [0.25, 0.3) is 6.08 Å². The van der Waals surface area contributed by atoms with Gasteiger partial charge in [-0.2, -0.15) is 0 Å². The summed E-state index contributed by atoms with van der Waals surface area (Å²) in [5.41, 5.74) is 1.28. The maximum Gasteiger partial charge on any atom is 0.344 e. The maximum atomic E-state index is 13.0. The van der Waals surface area contributed by atoms with Crippen molar-refractivity contribution in [1.82, 2.24) is 9.80 Å². The number of benzene rings is 1. The molecule has 0 aromatic heterocycles. The number of amides is 1. The molecule has 2 aliphatic rings. The summed E-state index contributed by atoms with van der Waals surface area (Å²) in [5.74, 6) is -0.139. The first-order chi connectivity index (χ1) is 13.9. The predicted molar refractivity (Wildman–Crippen MR) is 116 cm³/mol. The fourth-order valence-electron chi connectivity index (χ4n) is 3.66. The summed E-state index contributed by atoms with van der Waals surface area (Å²) >= 11 is 11.8. The van der Waals surface area contributed by atoms with Crippen LogP contribution in [0.3, 0.4) is 0 Å². The highest BCUT2D eigenvalue weighted by Crippen LogP contribution is 2.32. The average Bonchev–Trinajstić information content (AvgIpc) is 2.91. The van der Waals surface area contributed by atoms with E-state index in [2.05, 4.69) is 0 Å². The predicted octanol–water partition coefficient (Wildman–Crippen LogP) is 4.01. The summed E-state index contributed by atoms with van der Waals surface area (Å²) in [6.07, 6.45) is 7.23. The van der Waals surface area contributed by atoms with E-state index in [0.717, 1.165) is 31.2 Å². The fraction of sp³-hybridized carbons (Fsp3) is 0.476. The van der Waals surface area contributed by atoms with Gasteiger partial charge in [0.15, 0.2) is 11.7 Å². The summed E-state index contributed by atoms with van der Waals surface area (Å²) in [6.45, 7) is 1.82. The molecule has 0 atom stereocenters. The molecule has 0 radical (unpaired) electrons. The normalized spacial score (nSPS) is 19.2. The molecule has 8 heteroatoms. The van der Waals surface area contributed by atoms with Crippen molar-refractivity contribution in [3.05, 3.63) is 34.5 Å². The monoisotopic (exact) mass is 436 g/mol. The smallest absolute Gasteiger partial charge is 0.344 e. The molecule has 1 aromatic carbocycles. The summed E-state index contributed by atoms with van der Waals surface area (Å²) in [6, 6.07) is 5.33. The number of carbonyl (C=O) groups excluding carboxylic acids is 2. The second-order valence-electron chi connectivity index (χ2n) is 7.12. The third-order valence-electron chi connectivity index (χ3n) is 5.14. The van der Waals surface area contributed by atoms with Crippen molar-refractivity contribution in [2.24, 2.45) is 0 Å². The quantitative estimate of drug-likeness (QED) is 0.381. The lowest BCUT2D eigenvalue weighted by atomic mass is 9.94. The second kappa shape index (κ2) is 9.59. The molecular weight excluding hydrogens is 412 g/mol. The van der Waals surface area contributed by atoms with Gasteiger partial charge in [0.1, 0.15) is 11.4 Å². The van der Waals surface area contributed by atoms with Crippen molar-refractivity contribution in [3.8, 4) is 5.75 Å². The van der Waals surface area contributed by atoms with Crippen LogP contribution >= 0.6 is 23.8 Å². The first kappa shape index (κ1) is 21.6. The third-order valence-corrected chi connectivity index (χ3v) is 5.91. The number of hydrogen-bond donors (Lipinski definition) is 0. The van der Waals surface area contributed by atoms with Crippen LogP contribution in [0.1, 0.15) is 44.6 Å². The van der Waals surface area contributed by atoms with Gasteiger partial charge in [-0.05, 0) is 55.8 Å². The average molecular weight is 437 g/mol. The summed E-state index contributed by atoms with van der Waals surface area (Å²) in [5, 5.41) is 0.900. The number of esters is 1. The standard InChI is InChI=1S/C21H25ClN2O4S/c1-3-27-19(25)13-28-18-10-9-14(11-16(18)22)12-17-20(26)24(21(29)23(17)2)15-7-5-4-6-8-15/h9-12,15H,3-8,13H2,1-2H3/b17-12-. The molecule has 1 saturated carbocycles. The van der Waals surface area contributed by atoms with Gasteiger partial charge in [-0.15, -0.1) is 0 Å². The largest absolute Gasteiger partial charge is 0.480 e. The molecule has 1 heterocycles. The van der Waals surface area contributed by atoms with Gasteiger partial charge in [-0.25, -0.2) is 4.79 Å². The fourth-order valence-corrected chi connectivity index (χ4v) is 4.23. The van der Waals surface area contributed by atoms with Crippen molar-refractivity contribution >= 4 is 46.9 Å². The van der Waals surface area contributed by atoms with E-state index in [-0.39, 0.29) is 18.6 Å². The Morgan fingerprint density at radius 1 is 1.31 bits per heavy atom. The van der Waals surface area contributed by atoms with Gasteiger partial charge in [0.05, 0.1) is 11.6 Å². The second-order valence-corrected chi connectivity index (χ2v) is 7.89. The molecule has 29 heavy (non-hydrogen) atoms. The van der Waals surface area contributed by atoms with Crippen molar-refractivity contribution < 1.29 is 19.1 Å². The van der Waals surface area contributed by atoms with Crippen molar-refractivity contribution in [1.29, 1.82) is 0 Å². The lowest BCUT2D eigenvalue weighted by Crippen LogP contribution is -2.41. The third kappa shape index (κ3) is 4.90. The van der Waals surface area contributed by atoms with Gasteiger partial charge in [0.2, 0.25) is 0 Å². The molecule has 6 nitrogen and oxygen atoms in total. The van der Waals surface area contributed by atoms with Crippen LogP contribution in [0.15, 0.2) is 23.9 Å². The van der Waals surface area contributed by atoms with Crippen LogP contribution in [0, 0.1) is 0 Å². The molecule has 0 spiro atoms. The molecule has 0 bridgehead atoms. The molecule has 2 fully saturated rings. The van der Waals surface area contributed by atoms with Gasteiger partial charge in [-0.1, -0.05) is 36.9 Å². The molecule has 3 rings (SSSR count). The van der Waals surface area contributed by atoms with E-state index in [1.165, 1.54) is 6.42 Å². The van der Waals surface area contributed by atoms with E-state index < -0.39 is 5.97 Å². The Morgan fingerprint density at radius 2 is 2.03 bits per heavy atom. The maximum absolute atomic E-state index is 13.0. The number of nitrogens with zero attached hydrogens (tertiary/aromatic N) is 2. The van der Waals surface area contributed by atoms with E-state index in [0.29, 0.717) is 28.2 Å². The van der Waals surface area contributed by atoms with Crippen molar-refractivity contribution in [3.63, 3.8) is 0 Å². The molecule has 0 N–H and O–H groups in total. The molecule has 0 unspecified atom stereocenters. The van der Waals surface area contributed by atoms with Crippen LogP contribution in [0.5, 0.6) is 5.75 Å². The minimum atomic E-state index is -0.454. The molecule has 1 saturated heterocycles. The topological polar surface area (TPSA) is 59.1 Å². The van der Waals surface area contributed by atoms with Crippen LogP contribution < -0.4 is 4.74 Å². The molecule has 156 valence electrons. The Labute approximate surface area is 181 Å². The Morgan fingerprint density at radius 3 is 2.69 bits per heavy atom. The number of rotatable bonds is 6. The highest BCUT2D eigenvalue weighted by Gasteiger charge is 2.40. The Kier molecular flexibility index (Phi) is 7.14. The molecule has 1 aliphatic heterocycles. The minimum absolute atomic E-state index is 0.0665. The molecular formula is C21H25ClN2O4S. The highest BCUT2D eigenvalue weighted by atomic mass is 35.5. The molecule has 1 amide bonds. The zero-order valence-corrected chi connectivity index (χ0v) is 18.2.